The summed E-state index contributed by atoms with van der Waals surface area (Å²) < 4.78 is 2.00. The molecular formula is C20H28N4O. The maximum absolute atomic E-state index is 12.3. The minimum atomic E-state index is 0.0558. The third-order valence-electron chi connectivity index (χ3n) is 5.08. The number of rotatable bonds is 7. The van der Waals surface area contributed by atoms with Crippen molar-refractivity contribution in [1.29, 1.82) is 0 Å². The molecule has 1 aliphatic heterocycles. The molecule has 1 aliphatic rings. The van der Waals surface area contributed by atoms with Crippen LogP contribution in [0.4, 0.5) is 0 Å². The number of nitrogens with one attached hydrogen (secondary N) is 1. The SMILES string of the molecule is CC(NC(=O)CN1CCC(CCn2cccn2)CC1)c1ccccc1. The molecule has 1 saturated heterocycles. The Bertz CT molecular complexity index is 633. The molecule has 0 bridgehead atoms. The fourth-order valence-electron chi connectivity index (χ4n) is 3.50. The second-order valence-corrected chi connectivity index (χ2v) is 6.98. The van der Waals surface area contributed by atoms with Crippen molar-refractivity contribution in [2.24, 2.45) is 5.92 Å². The minimum Gasteiger partial charge on any atom is -0.348 e. The molecular weight excluding hydrogens is 312 g/mol. The van der Waals surface area contributed by atoms with Gasteiger partial charge in [-0.15, -0.1) is 0 Å². The van der Waals surface area contributed by atoms with Gasteiger partial charge in [-0.05, 0) is 56.8 Å². The van der Waals surface area contributed by atoms with E-state index in [4.69, 9.17) is 0 Å². The molecule has 1 amide bonds. The van der Waals surface area contributed by atoms with Crippen molar-refractivity contribution in [1.82, 2.24) is 20.0 Å². The number of likely N-dealkylation sites (tertiary alicyclic amines) is 1. The predicted molar refractivity (Wildman–Crippen MR) is 99.0 cm³/mol. The summed E-state index contributed by atoms with van der Waals surface area (Å²) in [6.07, 6.45) is 7.36. The highest BCUT2D eigenvalue weighted by molar-refractivity contribution is 5.78. The number of hydrogen-bond donors (Lipinski definition) is 1. The van der Waals surface area contributed by atoms with Crippen molar-refractivity contribution >= 4 is 5.91 Å². The Labute approximate surface area is 150 Å². The number of amides is 1. The fourth-order valence-corrected chi connectivity index (χ4v) is 3.50. The Hall–Kier alpha value is -2.14. The first kappa shape index (κ1) is 17.7. The van der Waals surface area contributed by atoms with Crippen molar-refractivity contribution < 1.29 is 4.79 Å². The lowest BCUT2D eigenvalue weighted by Crippen LogP contribution is -2.42. The number of benzene rings is 1. The quantitative estimate of drug-likeness (QED) is 0.843. The van der Waals surface area contributed by atoms with E-state index in [-0.39, 0.29) is 11.9 Å². The average molecular weight is 340 g/mol. The van der Waals surface area contributed by atoms with Crippen LogP contribution in [0, 0.1) is 5.92 Å². The predicted octanol–water partition coefficient (Wildman–Crippen LogP) is 2.86. The van der Waals surface area contributed by atoms with Gasteiger partial charge in [0.2, 0.25) is 5.91 Å². The molecule has 1 aromatic heterocycles. The highest BCUT2D eigenvalue weighted by Gasteiger charge is 2.21. The first-order valence-corrected chi connectivity index (χ1v) is 9.25. The highest BCUT2D eigenvalue weighted by Crippen LogP contribution is 2.21. The van der Waals surface area contributed by atoms with Crippen LogP contribution in [0.15, 0.2) is 48.8 Å². The summed E-state index contributed by atoms with van der Waals surface area (Å²) in [6, 6.07) is 12.1. The summed E-state index contributed by atoms with van der Waals surface area (Å²) in [5, 5.41) is 7.37. The Balaban J connectivity index is 1.36. The monoisotopic (exact) mass is 340 g/mol. The van der Waals surface area contributed by atoms with Gasteiger partial charge in [-0.2, -0.15) is 5.10 Å². The number of hydrogen-bond acceptors (Lipinski definition) is 3. The lowest BCUT2D eigenvalue weighted by atomic mass is 9.93. The summed E-state index contributed by atoms with van der Waals surface area (Å²) in [6.45, 7) is 5.55. The third-order valence-corrected chi connectivity index (χ3v) is 5.08. The normalized spacial score (nSPS) is 17.3. The number of carbonyl (C=O) groups is 1. The highest BCUT2D eigenvalue weighted by atomic mass is 16.2. The molecule has 0 saturated carbocycles. The third kappa shape index (κ3) is 5.43. The Kier molecular flexibility index (Phi) is 6.23. The standard InChI is InChI=1S/C20H28N4O/c1-17(19-6-3-2-4-7-19)22-20(25)16-23-13-8-18(9-14-23)10-15-24-12-5-11-21-24/h2-7,11-12,17-18H,8-10,13-16H2,1H3,(H,22,25). The number of piperidine rings is 1. The summed E-state index contributed by atoms with van der Waals surface area (Å²) in [4.78, 5) is 14.6. The summed E-state index contributed by atoms with van der Waals surface area (Å²) in [7, 11) is 0. The summed E-state index contributed by atoms with van der Waals surface area (Å²) in [5.74, 6) is 0.859. The Morgan fingerprint density at radius 2 is 2.00 bits per heavy atom. The van der Waals surface area contributed by atoms with Crippen LogP contribution in [-0.4, -0.2) is 40.2 Å². The van der Waals surface area contributed by atoms with Crippen molar-refractivity contribution in [3.05, 3.63) is 54.4 Å². The van der Waals surface area contributed by atoms with E-state index in [9.17, 15) is 4.79 Å². The van der Waals surface area contributed by atoms with Gasteiger partial charge in [0.15, 0.2) is 0 Å². The van der Waals surface area contributed by atoms with Gasteiger partial charge in [-0.25, -0.2) is 0 Å². The second kappa shape index (κ2) is 8.81. The first-order chi connectivity index (χ1) is 12.2. The van der Waals surface area contributed by atoms with Crippen LogP contribution in [-0.2, 0) is 11.3 Å². The number of carbonyl (C=O) groups excluding carboxylic acids is 1. The van der Waals surface area contributed by atoms with E-state index in [1.54, 1.807) is 0 Å². The maximum atomic E-state index is 12.3. The fraction of sp³-hybridized carbons (Fsp3) is 0.500. The van der Waals surface area contributed by atoms with E-state index in [0.717, 1.165) is 31.1 Å². The molecule has 5 nitrogen and oxygen atoms in total. The van der Waals surface area contributed by atoms with Crippen LogP contribution >= 0.6 is 0 Å². The van der Waals surface area contributed by atoms with Crippen molar-refractivity contribution in [3.8, 4) is 0 Å². The number of aromatic nitrogens is 2. The van der Waals surface area contributed by atoms with Crippen LogP contribution < -0.4 is 5.32 Å². The summed E-state index contributed by atoms with van der Waals surface area (Å²) in [5.41, 5.74) is 1.15. The zero-order valence-electron chi connectivity index (χ0n) is 15.0. The molecule has 0 aliphatic carbocycles. The van der Waals surface area contributed by atoms with E-state index < -0.39 is 0 Å². The molecule has 0 spiro atoms. The maximum Gasteiger partial charge on any atom is 0.234 e. The molecule has 1 unspecified atom stereocenters. The second-order valence-electron chi connectivity index (χ2n) is 6.98. The zero-order valence-corrected chi connectivity index (χ0v) is 15.0. The zero-order chi connectivity index (χ0) is 17.5. The molecule has 2 heterocycles. The van der Waals surface area contributed by atoms with Gasteiger partial charge in [-0.1, -0.05) is 30.3 Å². The molecule has 25 heavy (non-hydrogen) atoms. The summed E-state index contributed by atoms with van der Waals surface area (Å²) >= 11 is 0. The lowest BCUT2D eigenvalue weighted by molar-refractivity contribution is -0.123. The first-order valence-electron chi connectivity index (χ1n) is 9.25. The molecule has 134 valence electrons. The molecule has 3 rings (SSSR count). The van der Waals surface area contributed by atoms with Crippen LogP contribution in [0.1, 0.15) is 37.8 Å². The van der Waals surface area contributed by atoms with Crippen LogP contribution in [0.5, 0.6) is 0 Å². The van der Waals surface area contributed by atoms with E-state index in [0.29, 0.717) is 6.54 Å². The van der Waals surface area contributed by atoms with Gasteiger partial charge < -0.3 is 5.32 Å². The van der Waals surface area contributed by atoms with E-state index in [2.05, 4.69) is 27.4 Å². The topological polar surface area (TPSA) is 50.2 Å². The van der Waals surface area contributed by atoms with Crippen molar-refractivity contribution in [3.63, 3.8) is 0 Å². The van der Waals surface area contributed by atoms with Gasteiger partial charge in [0.05, 0.1) is 12.6 Å². The van der Waals surface area contributed by atoms with Gasteiger partial charge in [0, 0.05) is 18.9 Å². The van der Waals surface area contributed by atoms with Gasteiger partial charge in [0.1, 0.15) is 0 Å². The van der Waals surface area contributed by atoms with E-state index >= 15 is 0 Å². The molecule has 1 fully saturated rings. The molecule has 1 atom stereocenters. The lowest BCUT2D eigenvalue weighted by Gasteiger charge is -2.31. The smallest absolute Gasteiger partial charge is 0.234 e. The minimum absolute atomic E-state index is 0.0558. The average Bonchev–Trinajstić information content (AvgIpc) is 3.15. The van der Waals surface area contributed by atoms with Crippen LogP contribution in [0.25, 0.3) is 0 Å². The van der Waals surface area contributed by atoms with Gasteiger partial charge >= 0.3 is 0 Å². The van der Waals surface area contributed by atoms with E-state index in [1.807, 2.05) is 48.3 Å². The van der Waals surface area contributed by atoms with Crippen molar-refractivity contribution in [2.45, 2.75) is 38.8 Å². The molecule has 1 aromatic carbocycles. The number of aryl methyl sites for hydroxylation is 1. The number of nitrogens with zero attached hydrogens (tertiary/aromatic N) is 3. The van der Waals surface area contributed by atoms with Crippen LogP contribution in [0.3, 0.4) is 0 Å². The Morgan fingerprint density at radius 3 is 2.68 bits per heavy atom. The Morgan fingerprint density at radius 1 is 1.24 bits per heavy atom. The molecule has 2 aromatic rings. The molecule has 0 radical (unpaired) electrons. The molecule has 5 heteroatoms. The molecule has 1 N–H and O–H groups in total. The van der Waals surface area contributed by atoms with Gasteiger partial charge in [-0.3, -0.25) is 14.4 Å². The van der Waals surface area contributed by atoms with E-state index in [1.165, 1.54) is 19.3 Å². The largest absolute Gasteiger partial charge is 0.348 e. The van der Waals surface area contributed by atoms with Gasteiger partial charge in [0.25, 0.3) is 0 Å². The van der Waals surface area contributed by atoms with Crippen LogP contribution in [0.2, 0.25) is 0 Å². The van der Waals surface area contributed by atoms with Crippen molar-refractivity contribution in [2.75, 3.05) is 19.6 Å².